The van der Waals surface area contributed by atoms with Crippen LogP contribution in [0.15, 0.2) is 61.2 Å². The first-order valence-corrected chi connectivity index (χ1v) is 12.9. The van der Waals surface area contributed by atoms with Crippen molar-refractivity contribution in [2.45, 2.75) is 96.1 Å². The maximum absolute atomic E-state index is 11.2. The molecule has 0 spiro atoms. The summed E-state index contributed by atoms with van der Waals surface area (Å²) in [5, 5.41) is 32.4. The van der Waals surface area contributed by atoms with Crippen LogP contribution in [-0.4, -0.2) is 52.1 Å². The molecule has 1 aliphatic rings. The average Bonchev–Trinajstić information content (AvgIpc) is 2.81. The van der Waals surface area contributed by atoms with E-state index in [0.717, 1.165) is 16.9 Å². The van der Waals surface area contributed by atoms with E-state index in [9.17, 15) is 15.3 Å². The molecular weight excluding hydrogens is 456 g/mol. The van der Waals surface area contributed by atoms with E-state index >= 15 is 0 Å². The number of aliphatic hydroxyl groups excluding tert-OH is 1. The fourth-order valence-corrected chi connectivity index (χ4v) is 4.45. The quantitative estimate of drug-likeness (QED) is 0.298. The van der Waals surface area contributed by atoms with Crippen LogP contribution < -0.4 is 4.74 Å². The van der Waals surface area contributed by atoms with Gasteiger partial charge in [-0.2, -0.15) is 0 Å². The Hall–Kier alpha value is -1.96. The predicted molar refractivity (Wildman–Crippen MR) is 144 cm³/mol. The van der Waals surface area contributed by atoms with Gasteiger partial charge in [0.25, 0.3) is 0 Å². The molecule has 0 unspecified atom stereocenters. The van der Waals surface area contributed by atoms with Gasteiger partial charge in [-0.25, -0.2) is 0 Å². The molecule has 0 radical (unpaired) electrons. The molecule has 6 heteroatoms. The lowest BCUT2D eigenvalue weighted by atomic mass is 9.83. The second-order valence-corrected chi connectivity index (χ2v) is 10.6. The number of rotatable bonds is 14. The van der Waals surface area contributed by atoms with Crippen LogP contribution in [0, 0.1) is 11.8 Å². The zero-order valence-electron chi connectivity index (χ0n) is 22.7. The highest BCUT2D eigenvalue weighted by Gasteiger charge is 2.49. The number of hydrogen-bond acceptors (Lipinski definition) is 6. The summed E-state index contributed by atoms with van der Waals surface area (Å²) in [7, 11) is 1.64. The third kappa shape index (κ3) is 8.56. The summed E-state index contributed by atoms with van der Waals surface area (Å²) in [5.74, 6) is -0.765. The second kappa shape index (κ2) is 13.5. The van der Waals surface area contributed by atoms with Crippen LogP contribution >= 0.6 is 0 Å². The lowest BCUT2D eigenvalue weighted by Crippen LogP contribution is -2.56. The van der Waals surface area contributed by atoms with Crippen molar-refractivity contribution in [1.82, 2.24) is 0 Å². The average molecular weight is 503 g/mol. The van der Waals surface area contributed by atoms with E-state index in [0.29, 0.717) is 32.3 Å². The second-order valence-electron chi connectivity index (χ2n) is 10.6. The van der Waals surface area contributed by atoms with Gasteiger partial charge < -0.3 is 29.5 Å². The number of methoxy groups -OCH3 is 1. The smallest absolute Gasteiger partial charge is 0.202 e. The lowest BCUT2D eigenvalue weighted by molar-refractivity contribution is -0.305. The Morgan fingerprint density at radius 2 is 1.89 bits per heavy atom. The van der Waals surface area contributed by atoms with Gasteiger partial charge >= 0.3 is 0 Å². The van der Waals surface area contributed by atoms with Crippen LogP contribution in [0.2, 0.25) is 0 Å². The molecule has 0 aromatic heterocycles. The Balaban J connectivity index is 2.07. The maximum Gasteiger partial charge on any atom is 0.202 e. The standard InChI is InChI=1S/C30H46O6/c1-8-10-27-17-21(2)19-30(33,36-27)29(6,32)16-9-11-22(3)28(18-23(4)24(5)31)35-20-25-12-14-26(34-7)15-13-25/h8-9,12-16,22-24,27-28,31-33H,1-2,10-11,17-20H2,3-7H3/b16-9+/t22-,23-,24-,27-,28+,29+,30-/m0/s1. The first-order valence-electron chi connectivity index (χ1n) is 12.9. The molecule has 1 fully saturated rings. The molecule has 1 aromatic carbocycles. The van der Waals surface area contributed by atoms with Crippen LogP contribution in [-0.2, 0) is 16.1 Å². The van der Waals surface area contributed by atoms with Gasteiger partial charge in [0.1, 0.15) is 11.4 Å². The van der Waals surface area contributed by atoms with E-state index in [1.807, 2.05) is 37.3 Å². The molecule has 0 aliphatic carbocycles. The summed E-state index contributed by atoms with van der Waals surface area (Å²) in [6.45, 7) is 15.7. The molecule has 202 valence electrons. The Morgan fingerprint density at radius 3 is 2.47 bits per heavy atom. The molecule has 6 nitrogen and oxygen atoms in total. The van der Waals surface area contributed by atoms with E-state index in [4.69, 9.17) is 14.2 Å². The van der Waals surface area contributed by atoms with Gasteiger partial charge in [-0.15, -0.1) is 6.58 Å². The largest absolute Gasteiger partial charge is 0.497 e. The van der Waals surface area contributed by atoms with E-state index in [2.05, 4.69) is 20.1 Å². The summed E-state index contributed by atoms with van der Waals surface area (Å²) in [5.41, 5.74) is 0.292. The third-order valence-electron chi connectivity index (χ3n) is 7.22. The Bertz CT molecular complexity index is 859. The highest BCUT2D eigenvalue weighted by Crippen LogP contribution is 2.39. The van der Waals surface area contributed by atoms with Crippen molar-refractivity contribution in [3.05, 3.63) is 66.8 Å². The third-order valence-corrected chi connectivity index (χ3v) is 7.22. The number of aliphatic hydroxyl groups is 3. The van der Waals surface area contributed by atoms with Crippen molar-refractivity contribution in [3.8, 4) is 5.75 Å². The summed E-state index contributed by atoms with van der Waals surface area (Å²) >= 11 is 0. The molecule has 1 heterocycles. The van der Waals surface area contributed by atoms with Crippen molar-refractivity contribution >= 4 is 0 Å². The van der Waals surface area contributed by atoms with Crippen LogP contribution in [0.4, 0.5) is 0 Å². The Morgan fingerprint density at radius 1 is 1.22 bits per heavy atom. The number of benzene rings is 1. The fourth-order valence-electron chi connectivity index (χ4n) is 4.45. The van der Waals surface area contributed by atoms with Crippen LogP contribution in [0.1, 0.15) is 65.4 Å². The van der Waals surface area contributed by atoms with Gasteiger partial charge in [-0.1, -0.05) is 56.4 Å². The first-order chi connectivity index (χ1) is 16.9. The van der Waals surface area contributed by atoms with Gasteiger partial charge in [0.2, 0.25) is 5.79 Å². The number of ether oxygens (including phenoxy) is 3. The van der Waals surface area contributed by atoms with Crippen LogP contribution in [0.3, 0.4) is 0 Å². The van der Waals surface area contributed by atoms with Gasteiger partial charge in [-0.05, 0) is 69.1 Å². The summed E-state index contributed by atoms with van der Waals surface area (Å²) < 4.78 is 17.4. The molecule has 0 amide bonds. The lowest BCUT2D eigenvalue weighted by Gasteiger charge is -2.45. The fraction of sp³-hybridized carbons (Fsp3) is 0.600. The van der Waals surface area contributed by atoms with E-state index in [1.54, 1.807) is 33.1 Å². The summed E-state index contributed by atoms with van der Waals surface area (Å²) in [4.78, 5) is 0. The van der Waals surface area contributed by atoms with Crippen molar-refractivity contribution in [2.75, 3.05) is 7.11 Å². The zero-order chi connectivity index (χ0) is 26.9. The summed E-state index contributed by atoms with van der Waals surface area (Å²) in [6.07, 6.45) is 7.17. The van der Waals surface area contributed by atoms with Gasteiger partial charge in [0.15, 0.2) is 0 Å². The molecule has 1 saturated heterocycles. The monoisotopic (exact) mass is 502 g/mol. The molecular formula is C30H46O6. The highest BCUT2D eigenvalue weighted by molar-refractivity contribution is 5.26. The molecule has 1 aliphatic heterocycles. The van der Waals surface area contributed by atoms with Gasteiger partial charge in [0, 0.05) is 6.42 Å². The molecule has 36 heavy (non-hydrogen) atoms. The molecule has 0 bridgehead atoms. The Kier molecular flexibility index (Phi) is 11.4. The van der Waals surface area contributed by atoms with Crippen LogP contribution in [0.25, 0.3) is 0 Å². The van der Waals surface area contributed by atoms with Gasteiger partial charge in [-0.3, -0.25) is 0 Å². The predicted octanol–water partition coefficient (Wildman–Crippen LogP) is 5.32. The van der Waals surface area contributed by atoms with Crippen molar-refractivity contribution < 1.29 is 29.5 Å². The van der Waals surface area contributed by atoms with E-state index in [-0.39, 0.29) is 30.5 Å². The minimum atomic E-state index is -1.75. The SMILES string of the molecule is C=CC[C@H]1CC(=C)C[C@@](O)([C@](C)(O)/C=C/C[C@H](C)[C@@H](C[C@H](C)[C@H](C)O)OCc2ccc(OC)cc2)O1. The topological polar surface area (TPSA) is 88.4 Å². The zero-order valence-corrected chi connectivity index (χ0v) is 22.7. The molecule has 3 N–H and O–H groups in total. The van der Waals surface area contributed by atoms with E-state index in [1.165, 1.54) is 0 Å². The van der Waals surface area contributed by atoms with Crippen LogP contribution in [0.5, 0.6) is 5.75 Å². The normalized spacial score (nSPS) is 25.7. The highest BCUT2D eigenvalue weighted by atomic mass is 16.6. The van der Waals surface area contributed by atoms with Gasteiger partial charge in [0.05, 0.1) is 32.0 Å². The Labute approximate surface area is 217 Å². The molecule has 0 saturated carbocycles. The molecule has 2 rings (SSSR count). The summed E-state index contributed by atoms with van der Waals surface area (Å²) in [6, 6.07) is 7.78. The number of hydrogen-bond donors (Lipinski definition) is 3. The minimum Gasteiger partial charge on any atom is -0.497 e. The van der Waals surface area contributed by atoms with E-state index < -0.39 is 17.5 Å². The minimum absolute atomic E-state index is 0.0737. The molecule has 7 atom stereocenters. The molecule has 1 aromatic rings. The first kappa shape index (κ1) is 30.3. The van der Waals surface area contributed by atoms with Crippen molar-refractivity contribution in [3.63, 3.8) is 0 Å². The number of allylic oxidation sites excluding steroid dienone is 1. The van der Waals surface area contributed by atoms with Crippen molar-refractivity contribution in [1.29, 1.82) is 0 Å². The van der Waals surface area contributed by atoms with Crippen molar-refractivity contribution in [2.24, 2.45) is 11.8 Å². The maximum atomic E-state index is 11.2.